The summed E-state index contributed by atoms with van der Waals surface area (Å²) in [6, 6.07) is 0. The van der Waals surface area contributed by atoms with Gasteiger partial charge in [0.2, 0.25) is 0 Å². The van der Waals surface area contributed by atoms with E-state index in [9.17, 15) is 4.79 Å². The standard InChI is InChI=1S/C14H18N4O2/c1-4-8-9(13(19)20-3)10-11(15)16-7-17-12(10)18(8)14(2)5-6-14/h7H,4-6H2,1-3H3,(H2,15,16,17). The zero-order valence-corrected chi connectivity index (χ0v) is 11.9. The van der Waals surface area contributed by atoms with Gasteiger partial charge in [-0.05, 0) is 26.2 Å². The predicted molar refractivity (Wildman–Crippen MR) is 75.5 cm³/mol. The molecule has 2 aromatic rings. The minimum absolute atomic E-state index is 0.0245. The van der Waals surface area contributed by atoms with Crippen molar-refractivity contribution in [1.82, 2.24) is 14.5 Å². The molecule has 0 saturated heterocycles. The maximum absolute atomic E-state index is 12.2. The first-order chi connectivity index (χ1) is 9.53. The summed E-state index contributed by atoms with van der Waals surface area (Å²) in [6.45, 7) is 4.19. The summed E-state index contributed by atoms with van der Waals surface area (Å²) in [5, 5.41) is 0.615. The molecule has 1 aliphatic rings. The first-order valence-electron chi connectivity index (χ1n) is 6.76. The maximum atomic E-state index is 12.2. The van der Waals surface area contributed by atoms with Crippen molar-refractivity contribution in [3.8, 4) is 0 Å². The molecule has 0 bridgehead atoms. The predicted octanol–water partition coefficient (Wildman–Crippen LogP) is 1.87. The fraction of sp³-hybridized carbons (Fsp3) is 0.500. The van der Waals surface area contributed by atoms with Crippen molar-refractivity contribution < 1.29 is 9.53 Å². The molecule has 2 heterocycles. The maximum Gasteiger partial charge on any atom is 0.340 e. The van der Waals surface area contributed by atoms with E-state index in [0.717, 1.165) is 30.6 Å². The zero-order chi connectivity index (χ0) is 14.5. The van der Waals surface area contributed by atoms with Gasteiger partial charge in [0.15, 0.2) is 0 Å². The second kappa shape index (κ2) is 4.19. The van der Waals surface area contributed by atoms with Crippen LogP contribution in [0.4, 0.5) is 5.82 Å². The summed E-state index contributed by atoms with van der Waals surface area (Å²) < 4.78 is 7.07. The molecule has 20 heavy (non-hydrogen) atoms. The van der Waals surface area contributed by atoms with E-state index >= 15 is 0 Å². The lowest BCUT2D eigenvalue weighted by molar-refractivity contribution is 0.0601. The molecule has 2 aromatic heterocycles. The highest BCUT2D eigenvalue weighted by molar-refractivity contribution is 6.08. The van der Waals surface area contributed by atoms with Crippen LogP contribution in [0.25, 0.3) is 11.0 Å². The van der Waals surface area contributed by atoms with Crippen molar-refractivity contribution >= 4 is 22.8 Å². The number of esters is 1. The van der Waals surface area contributed by atoms with E-state index < -0.39 is 0 Å². The Morgan fingerprint density at radius 3 is 2.75 bits per heavy atom. The number of ether oxygens (including phenoxy) is 1. The van der Waals surface area contributed by atoms with Gasteiger partial charge in [-0.2, -0.15) is 0 Å². The number of carbonyl (C=O) groups is 1. The van der Waals surface area contributed by atoms with Crippen LogP contribution in [0.1, 0.15) is 42.7 Å². The Morgan fingerprint density at radius 2 is 2.20 bits per heavy atom. The molecule has 0 amide bonds. The van der Waals surface area contributed by atoms with Crippen molar-refractivity contribution in [3.05, 3.63) is 17.6 Å². The van der Waals surface area contributed by atoms with Gasteiger partial charge in [0.1, 0.15) is 17.8 Å². The van der Waals surface area contributed by atoms with E-state index in [2.05, 4.69) is 21.5 Å². The molecule has 0 aromatic carbocycles. The monoisotopic (exact) mass is 274 g/mol. The Hall–Kier alpha value is -2.11. The fourth-order valence-corrected chi connectivity index (χ4v) is 2.83. The summed E-state index contributed by atoms with van der Waals surface area (Å²) in [7, 11) is 1.38. The van der Waals surface area contributed by atoms with E-state index in [1.165, 1.54) is 13.4 Å². The van der Waals surface area contributed by atoms with Crippen LogP contribution in [0, 0.1) is 0 Å². The molecule has 1 saturated carbocycles. The summed E-state index contributed by atoms with van der Waals surface area (Å²) in [4.78, 5) is 20.6. The lowest BCUT2D eigenvalue weighted by Gasteiger charge is -2.16. The smallest absolute Gasteiger partial charge is 0.340 e. The third kappa shape index (κ3) is 1.60. The van der Waals surface area contributed by atoms with Crippen LogP contribution in [-0.2, 0) is 16.7 Å². The van der Waals surface area contributed by atoms with Crippen LogP contribution < -0.4 is 5.73 Å². The molecular weight excluding hydrogens is 256 g/mol. The van der Waals surface area contributed by atoms with Crippen LogP contribution in [0.15, 0.2) is 6.33 Å². The average molecular weight is 274 g/mol. The average Bonchev–Trinajstić information content (AvgIpc) is 3.07. The van der Waals surface area contributed by atoms with Gasteiger partial charge in [0.05, 0.1) is 18.1 Å². The van der Waals surface area contributed by atoms with E-state index in [4.69, 9.17) is 10.5 Å². The van der Waals surface area contributed by atoms with E-state index in [0.29, 0.717) is 16.8 Å². The van der Waals surface area contributed by atoms with Gasteiger partial charge in [-0.3, -0.25) is 0 Å². The second-order valence-electron chi connectivity index (χ2n) is 5.46. The van der Waals surface area contributed by atoms with E-state index in [-0.39, 0.29) is 11.5 Å². The lowest BCUT2D eigenvalue weighted by atomic mass is 10.1. The zero-order valence-electron chi connectivity index (χ0n) is 11.9. The Balaban J connectivity index is 2.44. The van der Waals surface area contributed by atoms with Gasteiger partial charge in [-0.1, -0.05) is 6.92 Å². The Bertz CT molecular complexity index is 701. The Morgan fingerprint density at radius 1 is 1.50 bits per heavy atom. The number of hydrogen-bond donors (Lipinski definition) is 1. The van der Waals surface area contributed by atoms with Crippen molar-refractivity contribution in [2.75, 3.05) is 12.8 Å². The topological polar surface area (TPSA) is 83.0 Å². The first kappa shape index (κ1) is 12.9. The second-order valence-corrected chi connectivity index (χ2v) is 5.46. The molecule has 2 N–H and O–H groups in total. The largest absolute Gasteiger partial charge is 0.465 e. The molecule has 1 fully saturated rings. The third-order valence-corrected chi connectivity index (χ3v) is 4.11. The number of rotatable bonds is 3. The van der Waals surface area contributed by atoms with E-state index in [1.54, 1.807) is 0 Å². The first-order valence-corrected chi connectivity index (χ1v) is 6.76. The Kier molecular flexibility index (Phi) is 2.70. The number of hydrogen-bond acceptors (Lipinski definition) is 5. The molecule has 0 radical (unpaired) electrons. The SMILES string of the molecule is CCc1c(C(=O)OC)c2c(N)ncnc2n1C1(C)CC1. The molecule has 0 spiro atoms. The summed E-state index contributed by atoms with van der Waals surface area (Å²) in [6.07, 6.45) is 4.32. The molecule has 0 unspecified atom stereocenters. The molecule has 0 aliphatic heterocycles. The number of nitrogen functional groups attached to an aromatic ring is 1. The number of fused-ring (bicyclic) bond motifs is 1. The normalized spacial score (nSPS) is 16.4. The highest BCUT2D eigenvalue weighted by Gasteiger charge is 2.43. The molecule has 3 rings (SSSR count). The summed E-state index contributed by atoms with van der Waals surface area (Å²) in [5.74, 6) is -0.0514. The molecule has 0 atom stereocenters. The van der Waals surface area contributed by atoms with Gasteiger partial charge in [-0.15, -0.1) is 0 Å². The molecule has 1 aliphatic carbocycles. The molecule has 106 valence electrons. The Labute approximate surface area is 117 Å². The van der Waals surface area contributed by atoms with Gasteiger partial charge >= 0.3 is 5.97 Å². The number of nitrogens with two attached hydrogens (primary N) is 1. The number of aromatic nitrogens is 3. The van der Waals surface area contributed by atoms with Gasteiger partial charge in [0, 0.05) is 11.2 Å². The van der Waals surface area contributed by atoms with Crippen LogP contribution in [0.5, 0.6) is 0 Å². The van der Waals surface area contributed by atoms with Gasteiger partial charge < -0.3 is 15.0 Å². The quantitative estimate of drug-likeness (QED) is 0.864. The van der Waals surface area contributed by atoms with Crippen LogP contribution in [0.2, 0.25) is 0 Å². The third-order valence-electron chi connectivity index (χ3n) is 4.11. The van der Waals surface area contributed by atoms with Crippen molar-refractivity contribution in [3.63, 3.8) is 0 Å². The minimum atomic E-state index is -0.378. The summed E-state index contributed by atoms with van der Waals surface area (Å²) >= 11 is 0. The van der Waals surface area contributed by atoms with Crippen LogP contribution in [-0.4, -0.2) is 27.6 Å². The van der Waals surface area contributed by atoms with Gasteiger partial charge in [-0.25, -0.2) is 14.8 Å². The molecular formula is C14H18N4O2. The number of anilines is 1. The lowest BCUT2D eigenvalue weighted by Crippen LogP contribution is -2.17. The number of carbonyl (C=O) groups excluding carboxylic acids is 1. The van der Waals surface area contributed by atoms with Crippen molar-refractivity contribution in [2.45, 2.75) is 38.6 Å². The van der Waals surface area contributed by atoms with Crippen LogP contribution >= 0.6 is 0 Å². The number of methoxy groups -OCH3 is 1. The highest BCUT2D eigenvalue weighted by Crippen LogP contribution is 2.47. The minimum Gasteiger partial charge on any atom is -0.465 e. The molecule has 6 nitrogen and oxygen atoms in total. The van der Waals surface area contributed by atoms with Gasteiger partial charge in [0.25, 0.3) is 0 Å². The van der Waals surface area contributed by atoms with E-state index in [1.807, 2.05) is 6.92 Å². The highest BCUT2D eigenvalue weighted by atomic mass is 16.5. The van der Waals surface area contributed by atoms with Crippen molar-refractivity contribution in [2.24, 2.45) is 0 Å². The van der Waals surface area contributed by atoms with Crippen molar-refractivity contribution in [1.29, 1.82) is 0 Å². The fourth-order valence-electron chi connectivity index (χ4n) is 2.83. The summed E-state index contributed by atoms with van der Waals surface area (Å²) in [5.41, 5.74) is 8.17. The number of nitrogens with zero attached hydrogens (tertiary/aromatic N) is 3. The molecule has 6 heteroatoms. The van der Waals surface area contributed by atoms with Crippen LogP contribution in [0.3, 0.4) is 0 Å².